The summed E-state index contributed by atoms with van der Waals surface area (Å²) >= 11 is 11.4. The van der Waals surface area contributed by atoms with Gasteiger partial charge in [0.1, 0.15) is 5.75 Å². The van der Waals surface area contributed by atoms with Crippen LogP contribution in [-0.2, 0) is 0 Å². The summed E-state index contributed by atoms with van der Waals surface area (Å²) in [6, 6.07) is 20.1. The first kappa shape index (κ1) is 25.5. The third kappa shape index (κ3) is 6.13. The van der Waals surface area contributed by atoms with Gasteiger partial charge in [0.05, 0.1) is 7.11 Å². The largest absolute Gasteiger partial charge is 0.497 e. The summed E-state index contributed by atoms with van der Waals surface area (Å²) in [6.07, 6.45) is 0. The highest BCUT2D eigenvalue weighted by atomic mass is 35.5. The Balaban J connectivity index is 1.28. The first-order valence-corrected chi connectivity index (χ1v) is 12.3. The van der Waals surface area contributed by atoms with E-state index >= 15 is 0 Å². The maximum absolute atomic E-state index is 12.8. The van der Waals surface area contributed by atoms with Gasteiger partial charge in [0.25, 0.3) is 11.8 Å². The molecule has 0 aliphatic carbocycles. The highest BCUT2D eigenvalue weighted by Crippen LogP contribution is 2.21. The number of nitrogens with one attached hydrogen (secondary N) is 2. The molecule has 36 heavy (non-hydrogen) atoms. The Morgan fingerprint density at radius 2 is 1.56 bits per heavy atom. The van der Waals surface area contributed by atoms with Crippen LogP contribution in [0.15, 0.2) is 66.7 Å². The average Bonchev–Trinajstić information content (AvgIpc) is 2.90. The fraction of sp³-hybridized carbons (Fsp3) is 0.222. The molecule has 0 saturated carbocycles. The summed E-state index contributed by atoms with van der Waals surface area (Å²) < 4.78 is 5.16. The van der Waals surface area contributed by atoms with E-state index in [0.29, 0.717) is 29.2 Å². The monoisotopic (exact) mass is 522 g/mol. The second-order valence-corrected chi connectivity index (χ2v) is 9.24. The molecule has 2 amide bonds. The number of benzene rings is 3. The topological polar surface area (TPSA) is 73.9 Å². The molecular weight excluding hydrogens is 496 g/mol. The number of rotatable bonds is 5. The van der Waals surface area contributed by atoms with Gasteiger partial charge in [-0.05, 0) is 85.4 Å². The van der Waals surface area contributed by atoms with E-state index in [-0.39, 0.29) is 16.9 Å². The first-order chi connectivity index (χ1) is 17.3. The quantitative estimate of drug-likeness (QED) is 0.471. The number of carbonyl (C=O) groups is 2. The van der Waals surface area contributed by atoms with Crippen molar-refractivity contribution in [2.75, 3.05) is 43.5 Å². The molecular formula is C27H27ClN4O3S. The summed E-state index contributed by atoms with van der Waals surface area (Å²) in [5, 5.41) is 6.44. The van der Waals surface area contributed by atoms with Crippen molar-refractivity contribution in [3.63, 3.8) is 0 Å². The molecule has 1 heterocycles. The lowest BCUT2D eigenvalue weighted by atomic mass is 10.1. The number of aryl methyl sites for hydroxylation is 1. The molecule has 1 aliphatic rings. The summed E-state index contributed by atoms with van der Waals surface area (Å²) in [5.41, 5.74) is 3.82. The minimum atomic E-state index is -0.326. The Hall–Kier alpha value is -3.62. The molecule has 9 heteroatoms. The van der Waals surface area contributed by atoms with Gasteiger partial charge < -0.3 is 19.9 Å². The van der Waals surface area contributed by atoms with E-state index in [1.54, 1.807) is 49.6 Å². The van der Waals surface area contributed by atoms with Gasteiger partial charge in [-0.15, -0.1) is 0 Å². The lowest BCUT2D eigenvalue weighted by Crippen LogP contribution is -2.48. The number of anilines is 2. The highest BCUT2D eigenvalue weighted by molar-refractivity contribution is 7.80. The number of halogens is 1. The zero-order valence-electron chi connectivity index (χ0n) is 20.1. The number of ether oxygens (including phenoxy) is 1. The predicted octanol–water partition coefficient (Wildman–Crippen LogP) is 4.75. The maximum atomic E-state index is 12.8. The van der Waals surface area contributed by atoms with Gasteiger partial charge in [-0.3, -0.25) is 14.9 Å². The van der Waals surface area contributed by atoms with Gasteiger partial charge in [0.15, 0.2) is 5.11 Å². The van der Waals surface area contributed by atoms with Crippen molar-refractivity contribution in [1.82, 2.24) is 10.2 Å². The van der Waals surface area contributed by atoms with Crippen LogP contribution < -0.4 is 20.3 Å². The molecule has 0 aromatic heterocycles. The van der Waals surface area contributed by atoms with Crippen LogP contribution in [0.25, 0.3) is 0 Å². The van der Waals surface area contributed by atoms with Crippen LogP contribution >= 0.6 is 23.8 Å². The molecule has 0 unspecified atom stereocenters. The van der Waals surface area contributed by atoms with Crippen molar-refractivity contribution in [2.24, 2.45) is 0 Å². The lowest BCUT2D eigenvalue weighted by molar-refractivity contribution is 0.0746. The molecule has 0 radical (unpaired) electrons. The molecule has 1 aliphatic heterocycles. The number of amides is 2. The molecule has 3 aromatic carbocycles. The van der Waals surface area contributed by atoms with Gasteiger partial charge in [-0.2, -0.15) is 0 Å². The summed E-state index contributed by atoms with van der Waals surface area (Å²) in [6.45, 7) is 4.64. The molecule has 0 atom stereocenters. The first-order valence-electron chi connectivity index (χ1n) is 11.5. The van der Waals surface area contributed by atoms with Crippen LogP contribution in [-0.4, -0.2) is 55.1 Å². The van der Waals surface area contributed by atoms with E-state index < -0.39 is 0 Å². The number of hydrogen-bond acceptors (Lipinski definition) is 5. The van der Waals surface area contributed by atoms with Crippen molar-refractivity contribution in [3.05, 3.63) is 88.4 Å². The minimum absolute atomic E-state index is 0.0281. The van der Waals surface area contributed by atoms with E-state index in [4.69, 9.17) is 28.6 Å². The fourth-order valence-electron chi connectivity index (χ4n) is 3.91. The Morgan fingerprint density at radius 3 is 2.17 bits per heavy atom. The van der Waals surface area contributed by atoms with Crippen LogP contribution in [0.4, 0.5) is 11.4 Å². The number of thiocarbonyl (C=S) groups is 1. The van der Waals surface area contributed by atoms with Crippen molar-refractivity contribution < 1.29 is 14.3 Å². The van der Waals surface area contributed by atoms with Crippen LogP contribution in [0.5, 0.6) is 5.75 Å². The Kier molecular flexibility index (Phi) is 8.07. The van der Waals surface area contributed by atoms with Crippen molar-refractivity contribution in [3.8, 4) is 5.75 Å². The number of carbonyl (C=O) groups excluding carboxylic acids is 2. The minimum Gasteiger partial charge on any atom is -0.497 e. The summed E-state index contributed by atoms with van der Waals surface area (Å²) in [4.78, 5) is 29.3. The van der Waals surface area contributed by atoms with Crippen molar-refractivity contribution in [1.29, 1.82) is 0 Å². The van der Waals surface area contributed by atoms with E-state index in [0.717, 1.165) is 35.8 Å². The van der Waals surface area contributed by atoms with Crippen molar-refractivity contribution >= 4 is 52.1 Å². The summed E-state index contributed by atoms with van der Waals surface area (Å²) in [5.74, 6) is 0.432. The highest BCUT2D eigenvalue weighted by Gasteiger charge is 2.22. The van der Waals surface area contributed by atoms with E-state index in [9.17, 15) is 9.59 Å². The molecule has 186 valence electrons. The lowest BCUT2D eigenvalue weighted by Gasteiger charge is -2.36. The maximum Gasteiger partial charge on any atom is 0.257 e. The Bertz CT molecular complexity index is 1260. The van der Waals surface area contributed by atoms with Gasteiger partial charge in [-0.1, -0.05) is 17.7 Å². The molecule has 2 N–H and O–H groups in total. The average molecular weight is 523 g/mol. The molecule has 0 bridgehead atoms. The van der Waals surface area contributed by atoms with Gasteiger partial charge >= 0.3 is 0 Å². The zero-order valence-corrected chi connectivity index (χ0v) is 21.7. The molecule has 7 nitrogen and oxygen atoms in total. The Morgan fingerprint density at radius 1 is 0.917 bits per heavy atom. The third-order valence-electron chi connectivity index (χ3n) is 6.06. The molecule has 0 spiro atoms. The van der Waals surface area contributed by atoms with E-state index in [2.05, 4.69) is 15.5 Å². The van der Waals surface area contributed by atoms with Crippen LogP contribution in [0, 0.1) is 6.92 Å². The van der Waals surface area contributed by atoms with Crippen LogP contribution in [0.2, 0.25) is 5.02 Å². The van der Waals surface area contributed by atoms with Gasteiger partial charge in [0.2, 0.25) is 0 Å². The number of piperazine rings is 1. The third-order valence-corrected chi connectivity index (χ3v) is 6.67. The van der Waals surface area contributed by atoms with Crippen molar-refractivity contribution in [2.45, 2.75) is 6.92 Å². The number of nitrogens with zero attached hydrogens (tertiary/aromatic N) is 2. The van der Waals surface area contributed by atoms with Gasteiger partial charge in [0, 0.05) is 53.7 Å². The van der Waals surface area contributed by atoms with Crippen LogP contribution in [0.1, 0.15) is 26.3 Å². The SMILES string of the molecule is COc1ccc(C(=O)N2CCN(c3ccc(NC(=S)NC(=O)c4ccc(C)c(Cl)c4)cc3)CC2)cc1. The second-order valence-electron chi connectivity index (χ2n) is 8.43. The molecule has 3 aromatic rings. The fourth-order valence-corrected chi connectivity index (χ4v) is 4.30. The molecule has 1 saturated heterocycles. The molecule has 4 rings (SSSR count). The Labute approximate surface area is 221 Å². The summed E-state index contributed by atoms with van der Waals surface area (Å²) in [7, 11) is 1.61. The van der Waals surface area contributed by atoms with E-state index in [1.807, 2.05) is 36.1 Å². The number of methoxy groups -OCH3 is 1. The standard InChI is InChI=1S/C27H27ClN4O3S/c1-18-3-4-20(17-24(18)28)25(33)30-27(36)29-21-7-9-22(10-8-21)31-13-15-32(16-14-31)26(34)19-5-11-23(35-2)12-6-19/h3-12,17H,13-16H2,1-2H3,(H2,29,30,33,36). The van der Waals surface area contributed by atoms with Gasteiger partial charge in [-0.25, -0.2) is 0 Å². The molecule has 1 fully saturated rings. The zero-order chi connectivity index (χ0) is 25.7. The van der Waals surface area contributed by atoms with Crippen LogP contribution in [0.3, 0.4) is 0 Å². The smallest absolute Gasteiger partial charge is 0.257 e. The predicted molar refractivity (Wildman–Crippen MR) is 147 cm³/mol. The normalized spacial score (nSPS) is 13.2. The number of hydrogen-bond donors (Lipinski definition) is 2. The second kappa shape index (κ2) is 11.4. The van der Waals surface area contributed by atoms with E-state index in [1.165, 1.54) is 0 Å².